The SMILES string of the molecule is O=C(Cc1cccc2ccccc12)NCCC(=O)Nc1ccc(Br)cc1. The third kappa shape index (κ3) is 4.92. The number of hydrogen-bond donors (Lipinski definition) is 2. The first kappa shape index (κ1) is 18.1. The first-order valence-corrected chi connectivity index (χ1v) is 9.20. The first-order chi connectivity index (χ1) is 12.6. The number of carbonyl (C=O) groups is 2. The van der Waals surface area contributed by atoms with E-state index in [-0.39, 0.29) is 18.2 Å². The molecule has 3 rings (SSSR count). The molecule has 26 heavy (non-hydrogen) atoms. The standard InChI is InChI=1S/C21H19BrN2O2/c22-17-8-10-18(11-9-17)24-20(25)12-13-23-21(26)14-16-6-3-5-15-4-1-2-7-19(15)16/h1-11H,12-14H2,(H,23,26)(H,24,25). The molecule has 0 spiro atoms. The quantitative estimate of drug-likeness (QED) is 0.636. The molecule has 2 amide bonds. The second-order valence-electron chi connectivity index (χ2n) is 5.97. The fourth-order valence-electron chi connectivity index (χ4n) is 2.75. The number of nitrogens with one attached hydrogen (secondary N) is 2. The van der Waals surface area contributed by atoms with Crippen molar-refractivity contribution >= 4 is 44.2 Å². The number of rotatable bonds is 6. The second-order valence-corrected chi connectivity index (χ2v) is 6.89. The van der Waals surface area contributed by atoms with Gasteiger partial charge in [-0.15, -0.1) is 0 Å². The molecule has 4 nitrogen and oxygen atoms in total. The number of amides is 2. The zero-order chi connectivity index (χ0) is 18.4. The fourth-order valence-corrected chi connectivity index (χ4v) is 3.02. The van der Waals surface area contributed by atoms with Crippen molar-refractivity contribution in [3.8, 4) is 0 Å². The van der Waals surface area contributed by atoms with E-state index in [2.05, 4.69) is 26.6 Å². The molecule has 0 unspecified atom stereocenters. The van der Waals surface area contributed by atoms with Crippen LogP contribution in [0.3, 0.4) is 0 Å². The Kier molecular flexibility index (Phi) is 6.02. The van der Waals surface area contributed by atoms with Crippen molar-refractivity contribution in [3.05, 3.63) is 76.8 Å². The van der Waals surface area contributed by atoms with Crippen molar-refractivity contribution in [2.45, 2.75) is 12.8 Å². The van der Waals surface area contributed by atoms with Crippen LogP contribution in [0.25, 0.3) is 10.8 Å². The maximum Gasteiger partial charge on any atom is 0.226 e. The van der Waals surface area contributed by atoms with E-state index in [1.807, 2.05) is 66.7 Å². The van der Waals surface area contributed by atoms with E-state index in [1.54, 1.807) is 0 Å². The third-order valence-electron chi connectivity index (χ3n) is 4.03. The van der Waals surface area contributed by atoms with E-state index >= 15 is 0 Å². The van der Waals surface area contributed by atoms with E-state index in [0.29, 0.717) is 13.0 Å². The molecule has 0 aromatic heterocycles. The molecule has 0 aliphatic rings. The summed E-state index contributed by atoms with van der Waals surface area (Å²) in [6.07, 6.45) is 0.535. The first-order valence-electron chi connectivity index (χ1n) is 8.40. The van der Waals surface area contributed by atoms with Crippen LogP contribution in [0.5, 0.6) is 0 Å². The number of anilines is 1. The highest BCUT2D eigenvalue weighted by molar-refractivity contribution is 9.10. The van der Waals surface area contributed by atoms with Gasteiger partial charge < -0.3 is 10.6 Å². The maximum atomic E-state index is 12.2. The van der Waals surface area contributed by atoms with Crippen molar-refractivity contribution in [2.75, 3.05) is 11.9 Å². The van der Waals surface area contributed by atoms with E-state index in [9.17, 15) is 9.59 Å². The molecule has 132 valence electrons. The van der Waals surface area contributed by atoms with Crippen molar-refractivity contribution in [2.24, 2.45) is 0 Å². The van der Waals surface area contributed by atoms with Gasteiger partial charge in [0, 0.05) is 23.1 Å². The zero-order valence-electron chi connectivity index (χ0n) is 14.2. The van der Waals surface area contributed by atoms with Gasteiger partial charge in [0.2, 0.25) is 11.8 Å². The summed E-state index contributed by atoms with van der Waals surface area (Å²) in [7, 11) is 0. The Balaban J connectivity index is 1.48. The molecule has 0 radical (unpaired) electrons. The lowest BCUT2D eigenvalue weighted by molar-refractivity contribution is -0.120. The maximum absolute atomic E-state index is 12.2. The summed E-state index contributed by atoms with van der Waals surface area (Å²) < 4.78 is 0.955. The van der Waals surface area contributed by atoms with Crippen molar-refractivity contribution in [3.63, 3.8) is 0 Å². The summed E-state index contributed by atoms with van der Waals surface area (Å²) >= 11 is 3.35. The molecule has 0 saturated carbocycles. The molecule has 0 aliphatic heterocycles. The van der Waals surface area contributed by atoms with Gasteiger partial charge in [-0.3, -0.25) is 9.59 Å². The lowest BCUT2D eigenvalue weighted by atomic mass is 10.0. The molecule has 2 N–H and O–H groups in total. The highest BCUT2D eigenvalue weighted by Crippen LogP contribution is 2.19. The molecule has 0 aliphatic carbocycles. The Hall–Kier alpha value is -2.66. The van der Waals surface area contributed by atoms with Crippen LogP contribution in [-0.4, -0.2) is 18.4 Å². The molecule has 0 fully saturated rings. The van der Waals surface area contributed by atoms with Crippen molar-refractivity contribution in [1.29, 1.82) is 0 Å². The minimum Gasteiger partial charge on any atom is -0.355 e. The van der Waals surface area contributed by atoms with Gasteiger partial charge in [-0.2, -0.15) is 0 Å². The van der Waals surface area contributed by atoms with E-state index < -0.39 is 0 Å². The molecule has 3 aromatic rings. The summed E-state index contributed by atoms with van der Waals surface area (Å²) in [5, 5.41) is 7.82. The van der Waals surface area contributed by atoms with Crippen molar-refractivity contribution < 1.29 is 9.59 Å². The molecule has 0 bridgehead atoms. The van der Waals surface area contributed by atoms with Gasteiger partial charge in [0.1, 0.15) is 0 Å². The summed E-state index contributed by atoms with van der Waals surface area (Å²) in [5.74, 6) is -0.212. The van der Waals surface area contributed by atoms with Crippen LogP contribution >= 0.6 is 15.9 Å². The van der Waals surface area contributed by atoms with Crippen LogP contribution in [-0.2, 0) is 16.0 Å². The normalized spacial score (nSPS) is 10.5. The average Bonchev–Trinajstić information content (AvgIpc) is 2.64. The van der Waals surface area contributed by atoms with Gasteiger partial charge in [-0.1, -0.05) is 58.4 Å². The predicted molar refractivity (Wildman–Crippen MR) is 108 cm³/mol. The van der Waals surface area contributed by atoms with Crippen molar-refractivity contribution in [1.82, 2.24) is 5.32 Å². The molecule has 0 saturated heterocycles. The fraction of sp³-hybridized carbons (Fsp3) is 0.143. The topological polar surface area (TPSA) is 58.2 Å². The van der Waals surface area contributed by atoms with Gasteiger partial charge in [-0.25, -0.2) is 0 Å². The Morgan fingerprint density at radius 3 is 2.38 bits per heavy atom. The summed E-state index contributed by atoms with van der Waals surface area (Å²) in [6, 6.07) is 21.3. The lowest BCUT2D eigenvalue weighted by Crippen LogP contribution is -2.28. The van der Waals surface area contributed by atoms with Crippen LogP contribution in [0, 0.1) is 0 Å². The number of carbonyl (C=O) groups excluding carboxylic acids is 2. The van der Waals surface area contributed by atoms with E-state index in [4.69, 9.17) is 0 Å². The summed E-state index contributed by atoms with van der Waals surface area (Å²) in [4.78, 5) is 24.1. The third-order valence-corrected chi connectivity index (χ3v) is 4.56. The Bertz CT molecular complexity index is 917. The minimum absolute atomic E-state index is 0.0854. The molecule has 0 atom stereocenters. The van der Waals surface area contributed by atoms with Gasteiger partial charge in [0.05, 0.1) is 6.42 Å². The predicted octanol–water partition coefficient (Wildman–Crippen LogP) is 4.29. The molecule has 3 aromatic carbocycles. The largest absolute Gasteiger partial charge is 0.355 e. The lowest BCUT2D eigenvalue weighted by Gasteiger charge is -2.08. The van der Waals surface area contributed by atoms with Gasteiger partial charge in [0.25, 0.3) is 0 Å². The van der Waals surface area contributed by atoms with Gasteiger partial charge >= 0.3 is 0 Å². The van der Waals surface area contributed by atoms with Crippen LogP contribution in [0.15, 0.2) is 71.2 Å². The second kappa shape index (κ2) is 8.63. The summed E-state index contributed by atoms with van der Waals surface area (Å²) in [6.45, 7) is 0.311. The smallest absolute Gasteiger partial charge is 0.226 e. The number of hydrogen-bond acceptors (Lipinski definition) is 2. The van der Waals surface area contributed by atoms with E-state index in [1.165, 1.54) is 0 Å². The van der Waals surface area contributed by atoms with Crippen LogP contribution in [0.1, 0.15) is 12.0 Å². The Labute approximate surface area is 160 Å². The number of benzene rings is 3. The zero-order valence-corrected chi connectivity index (χ0v) is 15.8. The molecule has 0 heterocycles. The monoisotopic (exact) mass is 410 g/mol. The van der Waals surface area contributed by atoms with E-state index in [0.717, 1.165) is 26.5 Å². The Morgan fingerprint density at radius 2 is 1.58 bits per heavy atom. The average molecular weight is 411 g/mol. The molecule has 5 heteroatoms. The molecular formula is C21H19BrN2O2. The van der Waals surface area contributed by atoms with Gasteiger partial charge in [0.15, 0.2) is 0 Å². The van der Waals surface area contributed by atoms with Crippen LogP contribution < -0.4 is 10.6 Å². The minimum atomic E-state index is -0.127. The van der Waals surface area contributed by atoms with Crippen LogP contribution in [0.2, 0.25) is 0 Å². The van der Waals surface area contributed by atoms with Gasteiger partial charge in [-0.05, 0) is 40.6 Å². The number of halogens is 1. The number of fused-ring (bicyclic) bond motifs is 1. The summed E-state index contributed by atoms with van der Waals surface area (Å²) in [5.41, 5.74) is 1.72. The van der Waals surface area contributed by atoms with Crippen LogP contribution in [0.4, 0.5) is 5.69 Å². The molecular weight excluding hydrogens is 392 g/mol. The highest BCUT2D eigenvalue weighted by atomic mass is 79.9. The Morgan fingerprint density at radius 1 is 0.846 bits per heavy atom. The highest BCUT2D eigenvalue weighted by Gasteiger charge is 2.08.